The van der Waals surface area contributed by atoms with Crippen molar-refractivity contribution in [2.45, 2.75) is 85.0 Å². The summed E-state index contributed by atoms with van der Waals surface area (Å²) in [5.41, 5.74) is 3.87. The number of H-pyrrole nitrogens is 1. The largest absolute Gasteiger partial charge is 0.321 e. The van der Waals surface area contributed by atoms with Crippen molar-refractivity contribution in [3.63, 3.8) is 0 Å². The van der Waals surface area contributed by atoms with Crippen molar-refractivity contribution < 1.29 is 0 Å². The van der Waals surface area contributed by atoms with Crippen molar-refractivity contribution in [1.29, 1.82) is 0 Å². The van der Waals surface area contributed by atoms with Gasteiger partial charge in [0.05, 0.1) is 17.6 Å². The van der Waals surface area contributed by atoms with Gasteiger partial charge < -0.3 is 4.98 Å². The molecule has 1 N–H and O–H groups in total. The zero-order chi connectivity index (χ0) is 21.5. The third-order valence-electron chi connectivity index (χ3n) is 6.36. The highest BCUT2D eigenvalue weighted by Gasteiger charge is 2.27. The summed E-state index contributed by atoms with van der Waals surface area (Å²) in [6.07, 6.45) is 4.78. The van der Waals surface area contributed by atoms with E-state index in [2.05, 4.69) is 78.2 Å². The van der Waals surface area contributed by atoms with Gasteiger partial charge in [-0.15, -0.1) is 5.10 Å². The normalized spacial score (nSPS) is 15.5. The third kappa shape index (κ3) is 4.03. The molecule has 0 radical (unpaired) electrons. The highest BCUT2D eigenvalue weighted by atomic mass is 16.1. The molecule has 30 heavy (non-hydrogen) atoms. The summed E-state index contributed by atoms with van der Waals surface area (Å²) in [5.74, 6) is 0.845. The molecule has 0 spiro atoms. The van der Waals surface area contributed by atoms with Crippen LogP contribution in [0.3, 0.4) is 0 Å². The smallest absolute Gasteiger partial charge is 0.252 e. The summed E-state index contributed by atoms with van der Waals surface area (Å²) < 4.78 is 1.89. The molecular formula is C23H32N6O. The Balaban J connectivity index is 1.68. The van der Waals surface area contributed by atoms with Crippen molar-refractivity contribution in [3.8, 4) is 0 Å². The van der Waals surface area contributed by atoms with E-state index in [9.17, 15) is 4.79 Å². The van der Waals surface area contributed by atoms with Crippen LogP contribution in [0.4, 0.5) is 0 Å². The van der Waals surface area contributed by atoms with E-state index in [1.807, 2.05) is 4.68 Å². The molecule has 2 heterocycles. The molecule has 160 valence electrons. The predicted octanol–water partition coefficient (Wildman–Crippen LogP) is 3.83. The molecular weight excluding hydrogens is 376 g/mol. The predicted molar refractivity (Wildman–Crippen MR) is 118 cm³/mol. The molecule has 0 saturated heterocycles. The minimum atomic E-state index is -0.185. The SMILES string of the molecule is Cc1ccc2cc(CN(Cc3nnnn3C(C)(C)C)C3CCCC3)c(=O)[nH]c2c1C. The van der Waals surface area contributed by atoms with Gasteiger partial charge in [0.2, 0.25) is 0 Å². The minimum Gasteiger partial charge on any atom is -0.321 e. The van der Waals surface area contributed by atoms with E-state index in [-0.39, 0.29) is 11.1 Å². The van der Waals surface area contributed by atoms with Crippen LogP contribution in [0.5, 0.6) is 0 Å². The lowest BCUT2D eigenvalue weighted by atomic mass is 10.0. The van der Waals surface area contributed by atoms with Crippen molar-refractivity contribution in [2.24, 2.45) is 0 Å². The van der Waals surface area contributed by atoms with Gasteiger partial charge in [0.15, 0.2) is 5.82 Å². The van der Waals surface area contributed by atoms with Gasteiger partial charge >= 0.3 is 0 Å². The summed E-state index contributed by atoms with van der Waals surface area (Å²) in [5, 5.41) is 13.5. The number of nitrogens with zero attached hydrogens (tertiary/aromatic N) is 5. The zero-order valence-corrected chi connectivity index (χ0v) is 18.7. The molecule has 2 aromatic heterocycles. The first kappa shape index (κ1) is 20.7. The molecule has 1 fully saturated rings. The van der Waals surface area contributed by atoms with E-state index < -0.39 is 0 Å². The molecule has 0 bridgehead atoms. The number of benzene rings is 1. The van der Waals surface area contributed by atoms with Crippen molar-refractivity contribution >= 4 is 10.9 Å². The summed E-state index contributed by atoms with van der Waals surface area (Å²) in [6, 6.07) is 6.71. The number of tetrazole rings is 1. The number of aromatic amines is 1. The molecule has 0 amide bonds. The van der Waals surface area contributed by atoms with Crippen LogP contribution in [0.2, 0.25) is 0 Å². The molecule has 7 nitrogen and oxygen atoms in total. The fourth-order valence-corrected chi connectivity index (χ4v) is 4.50. The lowest BCUT2D eigenvalue weighted by Gasteiger charge is -2.29. The van der Waals surface area contributed by atoms with E-state index in [1.165, 1.54) is 18.4 Å². The lowest BCUT2D eigenvalue weighted by molar-refractivity contribution is 0.167. The van der Waals surface area contributed by atoms with Crippen LogP contribution in [0, 0.1) is 13.8 Å². The molecule has 7 heteroatoms. The van der Waals surface area contributed by atoms with Crippen LogP contribution in [0.15, 0.2) is 23.0 Å². The lowest BCUT2D eigenvalue weighted by Crippen LogP contribution is -2.36. The maximum absolute atomic E-state index is 12.9. The fraction of sp³-hybridized carbons (Fsp3) is 0.565. The van der Waals surface area contributed by atoms with Crippen LogP contribution in [-0.4, -0.2) is 36.1 Å². The summed E-state index contributed by atoms with van der Waals surface area (Å²) in [4.78, 5) is 18.5. The van der Waals surface area contributed by atoms with Gasteiger partial charge in [-0.05, 0) is 80.5 Å². The Labute approximate surface area is 177 Å². The maximum atomic E-state index is 12.9. The van der Waals surface area contributed by atoms with Crippen LogP contribution >= 0.6 is 0 Å². The number of pyridine rings is 1. The highest BCUT2D eigenvalue weighted by Crippen LogP contribution is 2.27. The van der Waals surface area contributed by atoms with Gasteiger partial charge in [-0.25, -0.2) is 4.68 Å². The third-order valence-corrected chi connectivity index (χ3v) is 6.36. The minimum absolute atomic E-state index is 0.00499. The molecule has 4 rings (SSSR count). The first-order valence-electron chi connectivity index (χ1n) is 10.9. The maximum Gasteiger partial charge on any atom is 0.252 e. The van der Waals surface area contributed by atoms with Gasteiger partial charge in [-0.1, -0.05) is 25.0 Å². The highest BCUT2D eigenvalue weighted by molar-refractivity contribution is 5.83. The average molecular weight is 409 g/mol. The second-order valence-electron chi connectivity index (χ2n) is 9.62. The zero-order valence-electron chi connectivity index (χ0n) is 18.7. The van der Waals surface area contributed by atoms with Crippen molar-refractivity contribution in [3.05, 3.63) is 51.1 Å². The second kappa shape index (κ2) is 7.95. The number of aromatic nitrogens is 5. The van der Waals surface area contributed by atoms with Crippen molar-refractivity contribution in [1.82, 2.24) is 30.1 Å². The van der Waals surface area contributed by atoms with E-state index in [0.29, 0.717) is 19.1 Å². The second-order valence-corrected chi connectivity index (χ2v) is 9.62. The monoisotopic (exact) mass is 408 g/mol. The standard InChI is InChI=1S/C23H32N6O/c1-15-10-11-17-12-18(22(30)24-21(17)16(15)2)13-28(19-8-6-7-9-19)14-20-25-26-27-29(20)23(3,4)5/h10-12,19H,6-9,13-14H2,1-5H3,(H,24,30). The molecule has 0 unspecified atom stereocenters. The van der Waals surface area contributed by atoms with Gasteiger partial charge in [0.1, 0.15) is 0 Å². The number of rotatable bonds is 5. The first-order chi connectivity index (χ1) is 14.2. The Morgan fingerprint density at radius 2 is 1.90 bits per heavy atom. The average Bonchev–Trinajstić information content (AvgIpc) is 3.37. The van der Waals surface area contributed by atoms with E-state index in [4.69, 9.17) is 0 Å². The number of nitrogens with one attached hydrogen (secondary N) is 1. The summed E-state index contributed by atoms with van der Waals surface area (Å²) in [6.45, 7) is 11.7. The van der Waals surface area contributed by atoms with E-state index in [1.54, 1.807) is 0 Å². The van der Waals surface area contributed by atoms with Gasteiger partial charge in [-0.2, -0.15) is 0 Å². The van der Waals surface area contributed by atoms with Gasteiger partial charge in [0.25, 0.3) is 5.56 Å². The fourth-order valence-electron chi connectivity index (χ4n) is 4.50. The first-order valence-corrected chi connectivity index (χ1v) is 10.9. The quantitative estimate of drug-likeness (QED) is 0.694. The molecule has 1 saturated carbocycles. The Bertz CT molecular complexity index is 1100. The summed E-state index contributed by atoms with van der Waals surface area (Å²) in [7, 11) is 0. The topological polar surface area (TPSA) is 79.7 Å². The van der Waals surface area contributed by atoms with Crippen LogP contribution in [0.1, 0.15) is 69.0 Å². The van der Waals surface area contributed by atoms with E-state index in [0.717, 1.165) is 40.7 Å². The molecule has 3 aromatic rings. The Morgan fingerprint density at radius 1 is 1.17 bits per heavy atom. The van der Waals surface area contributed by atoms with Gasteiger partial charge in [-0.3, -0.25) is 9.69 Å². The number of fused-ring (bicyclic) bond motifs is 1. The van der Waals surface area contributed by atoms with Crippen molar-refractivity contribution in [2.75, 3.05) is 0 Å². The van der Waals surface area contributed by atoms with Crippen LogP contribution in [-0.2, 0) is 18.6 Å². The molecule has 1 aromatic carbocycles. The Hall–Kier alpha value is -2.54. The molecule has 1 aliphatic carbocycles. The van der Waals surface area contributed by atoms with Crippen LogP contribution < -0.4 is 5.56 Å². The summed E-state index contributed by atoms with van der Waals surface area (Å²) >= 11 is 0. The van der Waals surface area contributed by atoms with Gasteiger partial charge in [0, 0.05) is 18.2 Å². The van der Waals surface area contributed by atoms with E-state index >= 15 is 0 Å². The number of hydrogen-bond acceptors (Lipinski definition) is 5. The molecule has 1 aliphatic rings. The van der Waals surface area contributed by atoms with Crippen LogP contribution in [0.25, 0.3) is 10.9 Å². The molecule has 0 atom stereocenters. The Kier molecular flexibility index (Phi) is 5.49. The number of aryl methyl sites for hydroxylation is 2. The number of hydrogen-bond donors (Lipinski definition) is 1. The molecule has 0 aliphatic heterocycles. The Morgan fingerprint density at radius 3 is 2.60 bits per heavy atom.